The van der Waals surface area contributed by atoms with Crippen molar-refractivity contribution in [3.05, 3.63) is 35.1 Å². The number of aliphatic hydroxyl groups excluding tert-OH is 1. The summed E-state index contributed by atoms with van der Waals surface area (Å²) in [6.07, 6.45) is 2.48. The van der Waals surface area contributed by atoms with Crippen LogP contribution in [-0.2, 0) is 0 Å². The molecule has 1 saturated heterocycles. The topological polar surface area (TPSA) is 43.8 Å². The van der Waals surface area contributed by atoms with Crippen LogP contribution in [0.4, 0.5) is 4.39 Å². The summed E-state index contributed by atoms with van der Waals surface area (Å²) in [7, 11) is 4.10. The molecule has 128 valence electrons. The first-order valence-electron chi connectivity index (χ1n) is 8.26. The van der Waals surface area contributed by atoms with Crippen molar-refractivity contribution in [2.24, 2.45) is 5.92 Å². The molecule has 0 bridgehead atoms. The minimum absolute atomic E-state index is 0.153. The molecule has 0 unspecified atom stereocenters. The van der Waals surface area contributed by atoms with Gasteiger partial charge < -0.3 is 14.9 Å². The second kappa shape index (κ2) is 7.88. The standard InChI is InChI=1S/C18H27FN2O2/c1-13-6-7-15(16(19)11-13)18(23)21-9-8-17(20(2)3)14(12-21)5-4-10-22/h6-7,11,14,17,22H,4-5,8-10,12H2,1-3H3/t14-,17+/m1/s1. The Labute approximate surface area is 137 Å². The molecule has 1 fully saturated rings. The van der Waals surface area contributed by atoms with Gasteiger partial charge in [0.1, 0.15) is 5.82 Å². The number of halogens is 1. The van der Waals surface area contributed by atoms with Crippen molar-refractivity contribution in [3.63, 3.8) is 0 Å². The van der Waals surface area contributed by atoms with Crippen LogP contribution >= 0.6 is 0 Å². The van der Waals surface area contributed by atoms with Crippen molar-refractivity contribution in [1.82, 2.24) is 9.80 Å². The predicted octanol–water partition coefficient (Wildman–Crippen LogP) is 2.30. The first-order valence-corrected chi connectivity index (χ1v) is 8.26. The molecule has 1 N–H and O–H groups in total. The molecule has 0 aliphatic carbocycles. The maximum Gasteiger partial charge on any atom is 0.256 e. The number of rotatable bonds is 5. The highest BCUT2D eigenvalue weighted by atomic mass is 19.1. The number of piperidine rings is 1. The number of aryl methyl sites for hydroxylation is 1. The van der Waals surface area contributed by atoms with Crippen molar-refractivity contribution in [2.45, 2.75) is 32.2 Å². The molecule has 0 radical (unpaired) electrons. The number of carbonyl (C=O) groups excluding carboxylic acids is 1. The zero-order valence-corrected chi connectivity index (χ0v) is 14.3. The van der Waals surface area contributed by atoms with E-state index in [-0.39, 0.29) is 18.1 Å². The van der Waals surface area contributed by atoms with E-state index < -0.39 is 5.82 Å². The number of hydrogen-bond donors (Lipinski definition) is 1. The zero-order valence-electron chi connectivity index (χ0n) is 14.3. The highest BCUT2D eigenvalue weighted by molar-refractivity contribution is 5.94. The summed E-state index contributed by atoms with van der Waals surface area (Å²) in [5.41, 5.74) is 0.964. The van der Waals surface area contributed by atoms with Crippen LogP contribution in [0.1, 0.15) is 35.2 Å². The zero-order chi connectivity index (χ0) is 17.0. The predicted molar refractivity (Wildman–Crippen MR) is 88.9 cm³/mol. The van der Waals surface area contributed by atoms with Crippen LogP contribution in [0.25, 0.3) is 0 Å². The molecule has 1 heterocycles. The van der Waals surface area contributed by atoms with Crippen LogP contribution in [0.15, 0.2) is 18.2 Å². The van der Waals surface area contributed by atoms with Gasteiger partial charge in [-0.1, -0.05) is 6.07 Å². The fourth-order valence-electron chi connectivity index (χ4n) is 3.49. The van der Waals surface area contributed by atoms with Crippen LogP contribution < -0.4 is 0 Å². The van der Waals surface area contributed by atoms with Gasteiger partial charge in [-0.3, -0.25) is 4.79 Å². The Morgan fingerprint density at radius 1 is 1.43 bits per heavy atom. The lowest BCUT2D eigenvalue weighted by Crippen LogP contribution is -2.50. The lowest BCUT2D eigenvalue weighted by atomic mass is 9.87. The van der Waals surface area contributed by atoms with Crippen LogP contribution in [-0.4, -0.2) is 60.6 Å². The van der Waals surface area contributed by atoms with Crippen LogP contribution in [0.5, 0.6) is 0 Å². The van der Waals surface area contributed by atoms with E-state index in [1.54, 1.807) is 17.0 Å². The fraction of sp³-hybridized carbons (Fsp3) is 0.611. The molecule has 2 atom stereocenters. The lowest BCUT2D eigenvalue weighted by molar-refractivity contribution is 0.0492. The molecule has 0 spiro atoms. The van der Waals surface area contributed by atoms with E-state index in [1.165, 1.54) is 6.07 Å². The maximum absolute atomic E-state index is 14.1. The van der Waals surface area contributed by atoms with Gasteiger partial charge in [0.2, 0.25) is 0 Å². The highest BCUT2D eigenvalue weighted by Crippen LogP contribution is 2.26. The number of aliphatic hydroxyl groups is 1. The third-order valence-electron chi connectivity index (χ3n) is 4.73. The highest BCUT2D eigenvalue weighted by Gasteiger charge is 2.33. The molecule has 1 amide bonds. The molecule has 1 aromatic carbocycles. The number of likely N-dealkylation sites (tertiary alicyclic amines) is 1. The number of hydrogen-bond acceptors (Lipinski definition) is 3. The first-order chi connectivity index (χ1) is 10.9. The van der Waals surface area contributed by atoms with E-state index in [9.17, 15) is 9.18 Å². The van der Waals surface area contributed by atoms with Gasteiger partial charge in [0.25, 0.3) is 5.91 Å². The Hall–Kier alpha value is -1.46. The summed E-state index contributed by atoms with van der Waals surface area (Å²) < 4.78 is 14.1. The second-order valence-electron chi connectivity index (χ2n) is 6.68. The summed E-state index contributed by atoms with van der Waals surface area (Å²) in [6, 6.07) is 5.15. The van der Waals surface area contributed by atoms with Gasteiger partial charge in [0.05, 0.1) is 5.56 Å². The lowest BCUT2D eigenvalue weighted by Gasteiger charge is -2.41. The van der Waals surface area contributed by atoms with Gasteiger partial charge in [0.15, 0.2) is 0 Å². The van der Waals surface area contributed by atoms with Gasteiger partial charge in [-0.2, -0.15) is 0 Å². The normalized spacial score (nSPS) is 21.7. The quantitative estimate of drug-likeness (QED) is 0.905. The SMILES string of the molecule is Cc1ccc(C(=O)N2CC[C@H](N(C)C)[C@H](CCCO)C2)c(F)c1. The number of nitrogens with zero attached hydrogens (tertiary/aromatic N) is 2. The number of carbonyl (C=O) groups is 1. The van der Waals surface area contributed by atoms with Crippen molar-refractivity contribution < 1.29 is 14.3 Å². The van der Waals surface area contributed by atoms with E-state index in [1.807, 2.05) is 21.0 Å². The van der Waals surface area contributed by atoms with Gasteiger partial charge >= 0.3 is 0 Å². The number of amides is 1. The monoisotopic (exact) mass is 322 g/mol. The van der Waals surface area contributed by atoms with Crippen LogP contribution in [0, 0.1) is 18.7 Å². The molecule has 2 rings (SSSR count). The molecule has 0 saturated carbocycles. The summed E-state index contributed by atoms with van der Waals surface area (Å²) in [4.78, 5) is 16.6. The van der Waals surface area contributed by atoms with E-state index in [4.69, 9.17) is 5.11 Å². The van der Waals surface area contributed by atoms with Gasteiger partial charge in [-0.15, -0.1) is 0 Å². The van der Waals surface area contributed by atoms with E-state index in [0.717, 1.165) is 24.8 Å². The Morgan fingerprint density at radius 2 is 2.17 bits per heavy atom. The molecular weight excluding hydrogens is 295 g/mol. The summed E-state index contributed by atoms with van der Waals surface area (Å²) in [5, 5.41) is 9.09. The summed E-state index contributed by atoms with van der Waals surface area (Å²) in [6.45, 7) is 3.24. The average molecular weight is 322 g/mol. The Bertz CT molecular complexity index is 548. The fourth-order valence-corrected chi connectivity index (χ4v) is 3.49. The van der Waals surface area contributed by atoms with Crippen molar-refractivity contribution in [3.8, 4) is 0 Å². The minimum Gasteiger partial charge on any atom is -0.396 e. The van der Waals surface area contributed by atoms with Crippen molar-refractivity contribution in [1.29, 1.82) is 0 Å². The summed E-state index contributed by atoms with van der Waals surface area (Å²) >= 11 is 0. The third kappa shape index (κ3) is 4.30. The van der Waals surface area contributed by atoms with Gasteiger partial charge in [-0.25, -0.2) is 4.39 Å². The van der Waals surface area contributed by atoms with E-state index >= 15 is 0 Å². The number of benzene rings is 1. The van der Waals surface area contributed by atoms with Gasteiger partial charge in [0, 0.05) is 25.7 Å². The van der Waals surface area contributed by atoms with Crippen LogP contribution in [0.3, 0.4) is 0 Å². The smallest absolute Gasteiger partial charge is 0.256 e. The largest absolute Gasteiger partial charge is 0.396 e. The Kier molecular flexibility index (Phi) is 6.13. The first kappa shape index (κ1) is 17.9. The van der Waals surface area contributed by atoms with E-state index in [2.05, 4.69) is 4.90 Å². The Morgan fingerprint density at radius 3 is 2.78 bits per heavy atom. The van der Waals surface area contributed by atoms with Crippen LogP contribution in [0.2, 0.25) is 0 Å². The Balaban J connectivity index is 2.12. The molecule has 1 aromatic rings. The third-order valence-corrected chi connectivity index (χ3v) is 4.73. The van der Waals surface area contributed by atoms with Gasteiger partial charge in [-0.05, 0) is 63.9 Å². The molecular formula is C18H27FN2O2. The average Bonchev–Trinajstić information content (AvgIpc) is 2.51. The molecule has 1 aliphatic heterocycles. The maximum atomic E-state index is 14.1. The molecule has 0 aromatic heterocycles. The molecule has 23 heavy (non-hydrogen) atoms. The summed E-state index contributed by atoms with van der Waals surface area (Å²) in [5.74, 6) is -0.367. The molecule has 1 aliphatic rings. The second-order valence-corrected chi connectivity index (χ2v) is 6.68. The molecule has 5 heteroatoms. The van der Waals surface area contributed by atoms with E-state index in [0.29, 0.717) is 25.0 Å². The van der Waals surface area contributed by atoms with Crippen molar-refractivity contribution in [2.75, 3.05) is 33.8 Å². The van der Waals surface area contributed by atoms with Crippen molar-refractivity contribution >= 4 is 5.91 Å². The molecule has 4 nitrogen and oxygen atoms in total. The minimum atomic E-state index is -0.448.